The number of rotatable bonds is 4. The van der Waals surface area contributed by atoms with Crippen LogP contribution in [-0.4, -0.2) is 40.8 Å². The molecule has 23 heavy (non-hydrogen) atoms. The van der Waals surface area contributed by atoms with E-state index in [4.69, 9.17) is 9.57 Å². The third-order valence-corrected chi connectivity index (χ3v) is 4.16. The quantitative estimate of drug-likeness (QED) is 0.721. The van der Waals surface area contributed by atoms with Gasteiger partial charge in [0.15, 0.2) is 11.2 Å². The van der Waals surface area contributed by atoms with E-state index in [1.807, 2.05) is 4.57 Å². The molecule has 4 heterocycles. The molecule has 9 heteroatoms. The Morgan fingerprint density at radius 2 is 2.26 bits per heavy atom. The minimum absolute atomic E-state index is 0.0610. The molecule has 1 saturated heterocycles. The van der Waals surface area contributed by atoms with Crippen LogP contribution in [-0.2, 0) is 4.74 Å². The standard InChI is InChI=1S/C14H17N7O2/c1-3-10-9(2)6-11(22-10)20-8-17-12-13(20)15-7-16-14(12)23-21-5-4-18-19-21/h4-5,7-11H,3,6H2,1-2H3/t9?,10-,11-/m1/s1. The highest BCUT2D eigenvalue weighted by molar-refractivity contribution is 5.75. The van der Waals surface area contributed by atoms with Gasteiger partial charge in [-0.25, -0.2) is 9.97 Å². The first kappa shape index (κ1) is 14.1. The Balaban J connectivity index is 1.68. The maximum atomic E-state index is 6.12. The molecule has 1 aliphatic heterocycles. The van der Waals surface area contributed by atoms with Crippen LogP contribution in [0.25, 0.3) is 11.2 Å². The van der Waals surface area contributed by atoms with Crippen molar-refractivity contribution in [1.29, 1.82) is 0 Å². The molecule has 9 nitrogen and oxygen atoms in total. The van der Waals surface area contributed by atoms with Crippen LogP contribution in [0.4, 0.5) is 0 Å². The van der Waals surface area contributed by atoms with Crippen LogP contribution >= 0.6 is 0 Å². The molecule has 0 radical (unpaired) electrons. The van der Waals surface area contributed by atoms with Crippen molar-refractivity contribution in [3.8, 4) is 5.88 Å². The maximum absolute atomic E-state index is 6.12. The van der Waals surface area contributed by atoms with Gasteiger partial charge in [-0.05, 0) is 24.0 Å². The number of aromatic nitrogens is 7. The molecular weight excluding hydrogens is 298 g/mol. The minimum Gasteiger partial charge on any atom is -0.354 e. The zero-order chi connectivity index (χ0) is 15.8. The number of nitrogens with zero attached hydrogens (tertiary/aromatic N) is 7. The van der Waals surface area contributed by atoms with Gasteiger partial charge < -0.3 is 9.57 Å². The molecule has 3 aromatic rings. The zero-order valence-electron chi connectivity index (χ0n) is 12.9. The summed E-state index contributed by atoms with van der Waals surface area (Å²) in [5.41, 5.74) is 1.25. The smallest absolute Gasteiger partial charge is 0.279 e. The van der Waals surface area contributed by atoms with Gasteiger partial charge in [0.05, 0.1) is 24.8 Å². The maximum Gasteiger partial charge on any atom is 0.279 e. The fourth-order valence-electron chi connectivity index (χ4n) is 2.98. The summed E-state index contributed by atoms with van der Waals surface area (Å²) in [6.45, 7) is 4.35. The van der Waals surface area contributed by atoms with E-state index in [2.05, 4.69) is 39.1 Å². The van der Waals surface area contributed by atoms with E-state index in [1.165, 1.54) is 17.4 Å². The van der Waals surface area contributed by atoms with E-state index in [0.29, 0.717) is 23.0 Å². The summed E-state index contributed by atoms with van der Waals surface area (Å²) in [6.07, 6.45) is 8.42. The lowest BCUT2D eigenvalue weighted by Gasteiger charge is -2.14. The molecular formula is C14H17N7O2. The van der Waals surface area contributed by atoms with Gasteiger partial charge in [-0.1, -0.05) is 18.7 Å². The highest BCUT2D eigenvalue weighted by Gasteiger charge is 2.33. The number of hydrogen-bond acceptors (Lipinski definition) is 7. The van der Waals surface area contributed by atoms with E-state index in [-0.39, 0.29) is 12.3 Å². The summed E-state index contributed by atoms with van der Waals surface area (Å²) in [6, 6.07) is 0. The van der Waals surface area contributed by atoms with E-state index in [0.717, 1.165) is 12.8 Å². The third kappa shape index (κ3) is 2.42. The summed E-state index contributed by atoms with van der Waals surface area (Å²) < 4.78 is 8.06. The van der Waals surface area contributed by atoms with Gasteiger partial charge in [-0.15, -0.1) is 5.10 Å². The van der Waals surface area contributed by atoms with E-state index in [1.54, 1.807) is 12.5 Å². The molecule has 0 N–H and O–H groups in total. The van der Waals surface area contributed by atoms with Gasteiger partial charge in [-0.3, -0.25) is 4.57 Å². The van der Waals surface area contributed by atoms with Crippen molar-refractivity contribution in [2.75, 3.05) is 0 Å². The SMILES string of the molecule is CC[C@H]1O[C@@H](n2cnc3c(On4ccnn4)ncnc32)CC1C. The second-order valence-electron chi connectivity index (χ2n) is 5.65. The molecule has 0 aromatic carbocycles. The first-order valence-electron chi connectivity index (χ1n) is 7.64. The van der Waals surface area contributed by atoms with E-state index >= 15 is 0 Å². The topological polar surface area (TPSA) is 92.8 Å². The first-order chi connectivity index (χ1) is 11.3. The number of hydrogen-bond donors (Lipinski definition) is 0. The van der Waals surface area contributed by atoms with Gasteiger partial charge >= 0.3 is 0 Å². The summed E-state index contributed by atoms with van der Waals surface area (Å²) in [5.74, 6) is 0.840. The Kier molecular flexibility index (Phi) is 3.41. The largest absolute Gasteiger partial charge is 0.354 e. The van der Waals surface area contributed by atoms with Crippen LogP contribution in [0.3, 0.4) is 0 Å². The average molecular weight is 315 g/mol. The number of fused-ring (bicyclic) bond motifs is 1. The monoisotopic (exact) mass is 315 g/mol. The lowest BCUT2D eigenvalue weighted by atomic mass is 10.0. The highest BCUT2D eigenvalue weighted by Crippen LogP contribution is 2.36. The predicted octanol–water partition coefficient (Wildman–Crippen LogP) is 1.59. The van der Waals surface area contributed by atoms with Crippen LogP contribution in [0.2, 0.25) is 0 Å². The Morgan fingerprint density at radius 3 is 3.00 bits per heavy atom. The predicted molar refractivity (Wildman–Crippen MR) is 79.4 cm³/mol. The van der Waals surface area contributed by atoms with Gasteiger partial charge in [0.2, 0.25) is 0 Å². The Labute approximate surface area is 132 Å². The van der Waals surface area contributed by atoms with Crippen molar-refractivity contribution in [3.63, 3.8) is 0 Å². The van der Waals surface area contributed by atoms with Crippen molar-refractivity contribution in [2.45, 2.75) is 39.0 Å². The molecule has 0 aliphatic carbocycles. The van der Waals surface area contributed by atoms with E-state index in [9.17, 15) is 0 Å². The Morgan fingerprint density at radius 1 is 1.35 bits per heavy atom. The van der Waals surface area contributed by atoms with Crippen molar-refractivity contribution in [2.24, 2.45) is 5.92 Å². The zero-order valence-corrected chi connectivity index (χ0v) is 12.9. The molecule has 4 rings (SSSR count). The van der Waals surface area contributed by atoms with Crippen LogP contribution in [0, 0.1) is 5.92 Å². The summed E-state index contributed by atoms with van der Waals surface area (Å²) >= 11 is 0. The molecule has 3 atom stereocenters. The van der Waals surface area contributed by atoms with Crippen molar-refractivity contribution >= 4 is 11.2 Å². The third-order valence-electron chi connectivity index (χ3n) is 4.16. The van der Waals surface area contributed by atoms with Crippen molar-refractivity contribution in [3.05, 3.63) is 25.0 Å². The molecule has 3 aromatic heterocycles. The van der Waals surface area contributed by atoms with E-state index < -0.39 is 0 Å². The van der Waals surface area contributed by atoms with Crippen LogP contribution < -0.4 is 4.84 Å². The summed E-state index contributed by atoms with van der Waals surface area (Å²) in [7, 11) is 0. The average Bonchev–Trinajstić information content (AvgIpc) is 3.26. The molecule has 120 valence electrons. The molecule has 1 fully saturated rings. The number of ether oxygens (including phenoxy) is 1. The highest BCUT2D eigenvalue weighted by atomic mass is 16.7. The van der Waals surface area contributed by atoms with Crippen molar-refractivity contribution < 1.29 is 9.57 Å². The second kappa shape index (κ2) is 5.58. The van der Waals surface area contributed by atoms with Crippen LogP contribution in [0.1, 0.15) is 32.9 Å². The molecule has 1 unspecified atom stereocenters. The Bertz CT molecular complexity index is 801. The van der Waals surface area contributed by atoms with Crippen LogP contribution in [0.5, 0.6) is 5.88 Å². The van der Waals surface area contributed by atoms with Crippen molar-refractivity contribution in [1.82, 2.24) is 34.7 Å². The number of imidazole rings is 1. The first-order valence-corrected chi connectivity index (χ1v) is 7.64. The van der Waals surface area contributed by atoms with Crippen LogP contribution in [0.15, 0.2) is 25.0 Å². The minimum atomic E-state index is -0.0610. The Hall–Kier alpha value is -2.55. The molecule has 0 saturated carbocycles. The summed E-state index contributed by atoms with van der Waals surface area (Å²) in [4.78, 5) is 19.6. The normalized spacial score (nSPS) is 24.3. The molecule has 0 spiro atoms. The summed E-state index contributed by atoms with van der Waals surface area (Å²) in [5, 5.41) is 7.45. The van der Waals surface area contributed by atoms with Gasteiger partial charge in [0.1, 0.15) is 12.6 Å². The van der Waals surface area contributed by atoms with Gasteiger partial charge in [-0.2, -0.15) is 4.98 Å². The molecule has 0 amide bonds. The lowest BCUT2D eigenvalue weighted by Crippen LogP contribution is -2.12. The second-order valence-corrected chi connectivity index (χ2v) is 5.65. The molecule has 0 bridgehead atoms. The molecule has 1 aliphatic rings. The lowest BCUT2D eigenvalue weighted by molar-refractivity contribution is -0.00305. The fourth-order valence-corrected chi connectivity index (χ4v) is 2.98. The fraction of sp³-hybridized carbons (Fsp3) is 0.500. The van der Waals surface area contributed by atoms with Gasteiger partial charge in [0, 0.05) is 0 Å². The van der Waals surface area contributed by atoms with Gasteiger partial charge in [0.25, 0.3) is 5.88 Å².